The number of H-pyrrole nitrogens is 2. The van der Waals surface area contributed by atoms with Crippen molar-refractivity contribution in [3.63, 3.8) is 0 Å². The molecule has 4 heterocycles. The molecule has 0 bridgehead atoms. The molecule has 2 aromatic carbocycles. The maximum absolute atomic E-state index is 4.63. The zero-order chi connectivity index (χ0) is 17.1. The molecule has 6 aromatic rings. The Hall–Kier alpha value is -3.66. The molecule has 0 amide bonds. The molecule has 26 heavy (non-hydrogen) atoms. The molecule has 0 unspecified atom stereocenters. The first-order valence-corrected chi connectivity index (χ1v) is 8.59. The number of nitrogens with zero attached hydrogens (tertiary/aromatic N) is 2. The van der Waals surface area contributed by atoms with Crippen LogP contribution < -0.4 is 0 Å². The summed E-state index contributed by atoms with van der Waals surface area (Å²) >= 11 is 0. The lowest BCUT2D eigenvalue weighted by atomic mass is 10.0. The maximum atomic E-state index is 4.63. The van der Waals surface area contributed by atoms with Crippen molar-refractivity contribution in [1.29, 1.82) is 0 Å². The zero-order valence-corrected chi connectivity index (χ0v) is 13.8. The molecular formula is C22H14N4. The summed E-state index contributed by atoms with van der Waals surface area (Å²) in [6.07, 6.45) is 5.62. The monoisotopic (exact) mass is 334 g/mol. The van der Waals surface area contributed by atoms with Crippen molar-refractivity contribution in [2.24, 2.45) is 0 Å². The molecule has 0 radical (unpaired) electrons. The number of benzene rings is 2. The first-order valence-electron chi connectivity index (χ1n) is 8.59. The number of hydrogen-bond donors (Lipinski definition) is 2. The van der Waals surface area contributed by atoms with Crippen LogP contribution in [0.5, 0.6) is 0 Å². The highest BCUT2D eigenvalue weighted by Gasteiger charge is 2.09. The van der Waals surface area contributed by atoms with E-state index in [-0.39, 0.29) is 0 Å². The van der Waals surface area contributed by atoms with Gasteiger partial charge in [0.1, 0.15) is 5.65 Å². The van der Waals surface area contributed by atoms with Crippen LogP contribution in [0.1, 0.15) is 0 Å². The van der Waals surface area contributed by atoms with Gasteiger partial charge in [-0.2, -0.15) is 0 Å². The van der Waals surface area contributed by atoms with E-state index in [1.165, 1.54) is 10.8 Å². The minimum Gasteiger partial charge on any atom is -0.355 e. The second-order valence-corrected chi connectivity index (χ2v) is 6.60. The van der Waals surface area contributed by atoms with Crippen LogP contribution in [0.4, 0.5) is 0 Å². The number of nitrogens with one attached hydrogen (secondary N) is 2. The Bertz CT molecular complexity index is 1330. The van der Waals surface area contributed by atoms with E-state index in [0.717, 1.165) is 44.1 Å². The van der Waals surface area contributed by atoms with Crippen molar-refractivity contribution in [2.75, 3.05) is 0 Å². The summed E-state index contributed by atoms with van der Waals surface area (Å²) < 4.78 is 0. The number of hydrogen-bond acceptors (Lipinski definition) is 2. The molecule has 2 N–H and O–H groups in total. The molecule has 0 aliphatic heterocycles. The first-order chi connectivity index (χ1) is 12.9. The van der Waals surface area contributed by atoms with Crippen LogP contribution in [-0.2, 0) is 0 Å². The molecule has 0 aliphatic rings. The van der Waals surface area contributed by atoms with Crippen LogP contribution in [-0.4, -0.2) is 19.9 Å². The number of pyridine rings is 2. The molecule has 122 valence electrons. The summed E-state index contributed by atoms with van der Waals surface area (Å²) in [5.74, 6) is 0. The van der Waals surface area contributed by atoms with Crippen LogP contribution in [0.25, 0.3) is 54.9 Å². The molecule has 0 fully saturated rings. The average molecular weight is 334 g/mol. The Morgan fingerprint density at radius 3 is 2.46 bits per heavy atom. The minimum atomic E-state index is 0.893. The summed E-state index contributed by atoms with van der Waals surface area (Å²) in [5, 5.41) is 4.68. The summed E-state index contributed by atoms with van der Waals surface area (Å²) in [6.45, 7) is 0. The molecule has 0 atom stereocenters. The summed E-state index contributed by atoms with van der Waals surface area (Å²) in [6, 6.07) is 19.1. The smallest absolute Gasteiger partial charge is 0.138 e. The molecule has 0 saturated carbocycles. The topological polar surface area (TPSA) is 57.4 Å². The minimum absolute atomic E-state index is 0.893. The Labute approximate surface area is 148 Å². The van der Waals surface area contributed by atoms with Crippen LogP contribution in [0, 0.1) is 0 Å². The van der Waals surface area contributed by atoms with Gasteiger partial charge in [-0.05, 0) is 35.9 Å². The lowest BCUT2D eigenvalue weighted by Crippen LogP contribution is -1.82. The lowest BCUT2D eigenvalue weighted by molar-refractivity contribution is 1.33. The number of para-hydroxylation sites is 1. The van der Waals surface area contributed by atoms with Crippen molar-refractivity contribution in [2.45, 2.75) is 0 Å². The third-order valence-electron chi connectivity index (χ3n) is 5.09. The van der Waals surface area contributed by atoms with Gasteiger partial charge >= 0.3 is 0 Å². The van der Waals surface area contributed by atoms with E-state index in [1.807, 2.05) is 18.5 Å². The van der Waals surface area contributed by atoms with Crippen molar-refractivity contribution < 1.29 is 0 Å². The second kappa shape index (κ2) is 4.92. The fraction of sp³-hybridized carbons (Fsp3) is 0. The highest BCUT2D eigenvalue weighted by molar-refractivity contribution is 6.09. The molecule has 4 aromatic heterocycles. The van der Waals surface area contributed by atoms with Gasteiger partial charge in [0, 0.05) is 56.7 Å². The molecule has 0 aliphatic carbocycles. The summed E-state index contributed by atoms with van der Waals surface area (Å²) in [5.41, 5.74) is 6.54. The van der Waals surface area contributed by atoms with Gasteiger partial charge in [-0.3, -0.25) is 4.98 Å². The zero-order valence-electron chi connectivity index (χ0n) is 13.8. The Morgan fingerprint density at radius 1 is 0.615 bits per heavy atom. The van der Waals surface area contributed by atoms with Gasteiger partial charge < -0.3 is 9.97 Å². The predicted molar refractivity (Wildman–Crippen MR) is 106 cm³/mol. The number of aromatic nitrogens is 4. The molecular weight excluding hydrogens is 320 g/mol. The molecule has 0 saturated heterocycles. The van der Waals surface area contributed by atoms with Gasteiger partial charge in [-0.1, -0.05) is 24.3 Å². The number of aromatic amines is 2. The summed E-state index contributed by atoms with van der Waals surface area (Å²) in [4.78, 5) is 15.7. The fourth-order valence-corrected chi connectivity index (χ4v) is 3.80. The SMILES string of the molecule is c1ccc2c(c1)[nH]c1ccc(-c3cnc4[nH]c5ccncc5c4c3)cc12. The van der Waals surface area contributed by atoms with Gasteiger partial charge in [0.05, 0.1) is 5.52 Å². The van der Waals surface area contributed by atoms with Gasteiger partial charge in [0.2, 0.25) is 0 Å². The third kappa shape index (κ3) is 1.84. The lowest BCUT2D eigenvalue weighted by Gasteiger charge is -2.03. The summed E-state index contributed by atoms with van der Waals surface area (Å²) in [7, 11) is 0. The average Bonchev–Trinajstić information content (AvgIpc) is 3.25. The third-order valence-corrected chi connectivity index (χ3v) is 5.09. The Balaban J connectivity index is 1.61. The normalized spacial score (nSPS) is 11.8. The highest BCUT2D eigenvalue weighted by Crippen LogP contribution is 2.32. The quantitative estimate of drug-likeness (QED) is 0.422. The van der Waals surface area contributed by atoms with Crippen LogP contribution >= 0.6 is 0 Å². The first kappa shape index (κ1) is 13.6. The molecule has 4 heteroatoms. The Kier molecular flexibility index (Phi) is 2.58. The van der Waals surface area contributed by atoms with E-state index < -0.39 is 0 Å². The number of rotatable bonds is 1. The van der Waals surface area contributed by atoms with E-state index in [4.69, 9.17) is 0 Å². The van der Waals surface area contributed by atoms with E-state index in [2.05, 4.69) is 68.5 Å². The van der Waals surface area contributed by atoms with Gasteiger partial charge in [0.15, 0.2) is 0 Å². The van der Waals surface area contributed by atoms with Gasteiger partial charge in [0.25, 0.3) is 0 Å². The predicted octanol–water partition coefficient (Wildman–Crippen LogP) is 5.41. The molecule has 0 spiro atoms. The van der Waals surface area contributed by atoms with Gasteiger partial charge in [-0.15, -0.1) is 0 Å². The van der Waals surface area contributed by atoms with E-state index in [0.29, 0.717) is 0 Å². The van der Waals surface area contributed by atoms with Gasteiger partial charge in [-0.25, -0.2) is 4.98 Å². The van der Waals surface area contributed by atoms with E-state index in [9.17, 15) is 0 Å². The standard InChI is InChI=1S/C22H14N4/c1-2-4-19-15(3-1)16-9-13(5-6-20(16)25-19)14-10-17-18-12-23-8-7-21(18)26-22(17)24-11-14/h1-12,25H,(H,24,26). The van der Waals surface area contributed by atoms with E-state index in [1.54, 1.807) is 6.20 Å². The van der Waals surface area contributed by atoms with E-state index >= 15 is 0 Å². The van der Waals surface area contributed by atoms with Crippen molar-refractivity contribution >= 4 is 43.7 Å². The second-order valence-electron chi connectivity index (χ2n) is 6.60. The Morgan fingerprint density at radius 2 is 1.46 bits per heavy atom. The van der Waals surface area contributed by atoms with Crippen LogP contribution in [0.2, 0.25) is 0 Å². The van der Waals surface area contributed by atoms with Crippen LogP contribution in [0.15, 0.2) is 73.2 Å². The fourth-order valence-electron chi connectivity index (χ4n) is 3.80. The maximum Gasteiger partial charge on any atom is 0.138 e. The van der Waals surface area contributed by atoms with Crippen LogP contribution in [0.3, 0.4) is 0 Å². The van der Waals surface area contributed by atoms with Crippen molar-refractivity contribution in [1.82, 2.24) is 19.9 Å². The molecule has 6 rings (SSSR count). The van der Waals surface area contributed by atoms with Crippen molar-refractivity contribution in [3.05, 3.63) is 73.2 Å². The number of fused-ring (bicyclic) bond motifs is 6. The molecule has 4 nitrogen and oxygen atoms in total. The largest absolute Gasteiger partial charge is 0.355 e. The van der Waals surface area contributed by atoms with Crippen molar-refractivity contribution in [3.8, 4) is 11.1 Å². The highest BCUT2D eigenvalue weighted by atomic mass is 14.9.